The van der Waals surface area contributed by atoms with Gasteiger partial charge >= 0.3 is 0 Å². The van der Waals surface area contributed by atoms with E-state index in [1.165, 1.54) is 16.7 Å². The van der Waals surface area contributed by atoms with Gasteiger partial charge in [0.1, 0.15) is 0 Å². The molecule has 18 heavy (non-hydrogen) atoms. The van der Waals surface area contributed by atoms with Crippen molar-refractivity contribution in [1.82, 2.24) is 0 Å². The molecular weight excluding hydrogens is 310 g/mol. The van der Waals surface area contributed by atoms with Gasteiger partial charge < -0.3 is 5.32 Å². The van der Waals surface area contributed by atoms with Crippen LogP contribution in [0.25, 0.3) is 0 Å². The third-order valence-corrected chi connectivity index (χ3v) is 3.96. The average Bonchev–Trinajstić information content (AvgIpc) is 2.33. The van der Waals surface area contributed by atoms with Crippen LogP contribution in [0.15, 0.2) is 40.9 Å². The molecule has 0 heterocycles. The predicted molar refractivity (Wildman–Crippen MR) is 82.4 cm³/mol. The van der Waals surface area contributed by atoms with Crippen LogP contribution in [0.4, 0.5) is 5.69 Å². The summed E-state index contributed by atoms with van der Waals surface area (Å²) in [5, 5.41) is 4.16. The number of halogens is 2. The Hall–Kier alpha value is -0.990. The largest absolute Gasteiger partial charge is 0.380 e. The van der Waals surface area contributed by atoms with Crippen LogP contribution in [0.2, 0.25) is 5.02 Å². The minimum Gasteiger partial charge on any atom is -0.380 e. The summed E-state index contributed by atoms with van der Waals surface area (Å²) in [5.41, 5.74) is 4.97. The van der Waals surface area contributed by atoms with Gasteiger partial charge in [0.05, 0.1) is 5.69 Å². The number of hydrogen-bond donors (Lipinski definition) is 1. The van der Waals surface area contributed by atoms with E-state index in [1.807, 2.05) is 18.2 Å². The first-order chi connectivity index (χ1) is 8.58. The van der Waals surface area contributed by atoms with Gasteiger partial charge in [-0.05, 0) is 64.7 Å². The van der Waals surface area contributed by atoms with Gasteiger partial charge in [0.25, 0.3) is 0 Å². The minimum absolute atomic E-state index is 0.738. The van der Waals surface area contributed by atoms with E-state index in [0.29, 0.717) is 0 Å². The number of rotatable bonds is 3. The smallest absolute Gasteiger partial charge is 0.0502 e. The van der Waals surface area contributed by atoms with Crippen LogP contribution in [0.3, 0.4) is 0 Å². The zero-order valence-corrected chi connectivity index (χ0v) is 12.8. The van der Waals surface area contributed by atoms with Crippen LogP contribution >= 0.6 is 27.5 Å². The standard InChI is InChI=1S/C15H15BrClN/c1-10-4-3-5-11(2)13(10)9-18-15-8-12(17)6-7-14(15)16/h3-8,18H,9H2,1-2H3. The van der Waals surface area contributed by atoms with Gasteiger partial charge in [-0.2, -0.15) is 0 Å². The highest BCUT2D eigenvalue weighted by Crippen LogP contribution is 2.27. The summed E-state index contributed by atoms with van der Waals surface area (Å²) in [6.07, 6.45) is 0. The van der Waals surface area contributed by atoms with Crippen LogP contribution < -0.4 is 5.32 Å². The Kier molecular flexibility index (Phi) is 4.31. The van der Waals surface area contributed by atoms with Crippen molar-refractivity contribution in [2.75, 3.05) is 5.32 Å². The highest BCUT2D eigenvalue weighted by molar-refractivity contribution is 9.10. The van der Waals surface area contributed by atoms with Crippen LogP contribution in [-0.4, -0.2) is 0 Å². The molecule has 1 N–H and O–H groups in total. The van der Waals surface area contributed by atoms with Crippen molar-refractivity contribution >= 4 is 33.2 Å². The molecule has 0 unspecified atom stereocenters. The molecular formula is C15H15BrClN. The minimum atomic E-state index is 0.738. The summed E-state index contributed by atoms with van der Waals surface area (Å²) in [6.45, 7) is 5.07. The summed E-state index contributed by atoms with van der Waals surface area (Å²) >= 11 is 9.52. The summed E-state index contributed by atoms with van der Waals surface area (Å²) in [7, 11) is 0. The van der Waals surface area contributed by atoms with Crippen molar-refractivity contribution < 1.29 is 0 Å². The molecule has 0 spiro atoms. The second kappa shape index (κ2) is 5.77. The van der Waals surface area contributed by atoms with E-state index >= 15 is 0 Å². The molecule has 0 radical (unpaired) electrons. The fourth-order valence-corrected chi connectivity index (χ4v) is 2.50. The van der Waals surface area contributed by atoms with Gasteiger partial charge in [0.15, 0.2) is 0 Å². The lowest BCUT2D eigenvalue weighted by atomic mass is 10.0. The predicted octanol–water partition coefficient (Wildman–Crippen LogP) is 5.33. The van der Waals surface area contributed by atoms with Gasteiger partial charge in [-0.1, -0.05) is 29.8 Å². The normalized spacial score (nSPS) is 10.4. The molecule has 2 aromatic carbocycles. The Balaban J connectivity index is 2.19. The summed E-state index contributed by atoms with van der Waals surface area (Å²) in [5.74, 6) is 0. The summed E-state index contributed by atoms with van der Waals surface area (Å²) < 4.78 is 1.03. The molecule has 0 fully saturated rings. The van der Waals surface area contributed by atoms with Crippen molar-refractivity contribution in [3.05, 3.63) is 62.6 Å². The molecule has 2 aromatic rings. The lowest BCUT2D eigenvalue weighted by molar-refractivity contribution is 1.09. The van der Waals surface area contributed by atoms with Crippen LogP contribution in [-0.2, 0) is 6.54 Å². The molecule has 2 rings (SSSR count). The van der Waals surface area contributed by atoms with Crippen molar-refractivity contribution in [2.45, 2.75) is 20.4 Å². The van der Waals surface area contributed by atoms with E-state index in [4.69, 9.17) is 11.6 Å². The van der Waals surface area contributed by atoms with Crippen LogP contribution in [0, 0.1) is 13.8 Å². The molecule has 0 saturated carbocycles. The molecule has 3 heteroatoms. The summed E-state index contributed by atoms with van der Waals surface area (Å²) in [4.78, 5) is 0. The summed E-state index contributed by atoms with van der Waals surface area (Å²) in [6, 6.07) is 12.1. The number of benzene rings is 2. The zero-order chi connectivity index (χ0) is 13.1. The topological polar surface area (TPSA) is 12.0 Å². The van der Waals surface area contributed by atoms with Gasteiger partial charge in [-0.3, -0.25) is 0 Å². The second-order valence-electron chi connectivity index (χ2n) is 4.35. The first-order valence-electron chi connectivity index (χ1n) is 5.82. The molecule has 0 saturated heterocycles. The number of anilines is 1. The van der Waals surface area contributed by atoms with E-state index in [9.17, 15) is 0 Å². The molecule has 0 amide bonds. The van der Waals surface area contributed by atoms with Crippen molar-refractivity contribution in [1.29, 1.82) is 0 Å². The number of aryl methyl sites for hydroxylation is 2. The van der Waals surface area contributed by atoms with Crippen molar-refractivity contribution in [3.63, 3.8) is 0 Å². The van der Waals surface area contributed by atoms with Crippen molar-refractivity contribution in [3.8, 4) is 0 Å². The first-order valence-corrected chi connectivity index (χ1v) is 6.99. The molecule has 0 aliphatic heterocycles. The monoisotopic (exact) mass is 323 g/mol. The Morgan fingerprint density at radius 1 is 1.11 bits per heavy atom. The highest BCUT2D eigenvalue weighted by Gasteiger charge is 2.04. The molecule has 1 nitrogen and oxygen atoms in total. The Morgan fingerprint density at radius 2 is 1.78 bits per heavy atom. The molecule has 0 aromatic heterocycles. The molecule has 0 aliphatic rings. The number of nitrogens with one attached hydrogen (secondary N) is 1. The van der Waals surface area contributed by atoms with Gasteiger partial charge in [0.2, 0.25) is 0 Å². The third kappa shape index (κ3) is 3.06. The van der Waals surface area contributed by atoms with E-state index < -0.39 is 0 Å². The average molecular weight is 325 g/mol. The highest BCUT2D eigenvalue weighted by atomic mass is 79.9. The lowest BCUT2D eigenvalue weighted by Gasteiger charge is -2.13. The second-order valence-corrected chi connectivity index (χ2v) is 5.64. The zero-order valence-electron chi connectivity index (χ0n) is 10.4. The van der Waals surface area contributed by atoms with Crippen LogP contribution in [0.1, 0.15) is 16.7 Å². The molecule has 0 bridgehead atoms. The van der Waals surface area contributed by atoms with Gasteiger partial charge in [-0.25, -0.2) is 0 Å². The van der Waals surface area contributed by atoms with E-state index in [2.05, 4.69) is 53.3 Å². The fourth-order valence-electron chi connectivity index (χ4n) is 1.94. The van der Waals surface area contributed by atoms with Crippen LogP contribution in [0.5, 0.6) is 0 Å². The van der Waals surface area contributed by atoms with E-state index in [-0.39, 0.29) is 0 Å². The maximum absolute atomic E-state index is 6.00. The Labute approximate surface area is 121 Å². The molecule has 0 atom stereocenters. The SMILES string of the molecule is Cc1cccc(C)c1CNc1cc(Cl)ccc1Br. The molecule has 94 valence electrons. The first kappa shape index (κ1) is 13.4. The fraction of sp³-hybridized carbons (Fsp3) is 0.200. The van der Waals surface area contributed by atoms with E-state index in [0.717, 1.165) is 21.7 Å². The molecule has 0 aliphatic carbocycles. The Bertz CT molecular complexity index is 546. The Morgan fingerprint density at radius 3 is 2.44 bits per heavy atom. The van der Waals surface area contributed by atoms with Crippen molar-refractivity contribution in [2.24, 2.45) is 0 Å². The third-order valence-electron chi connectivity index (χ3n) is 3.03. The van der Waals surface area contributed by atoms with Gasteiger partial charge in [-0.15, -0.1) is 0 Å². The van der Waals surface area contributed by atoms with Gasteiger partial charge in [0, 0.05) is 16.0 Å². The maximum atomic E-state index is 6.00. The maximum Gasteiger partial charge on any atom is 0.0502 e. The quantitative estimate of drug-likeness (QED) is 0.804. The van der Waals surface area contributed by atoms with E-state index in [1.54, 1.807) is 0 Å². The number of hydrogen-bond acceptors (Lipinski definition) is 1. The lowest BCUT2D eigenvalue weighted by Crippen LogP contribution is -2.03.